The van der Waals surface area contributed by atoms with Gasteiger partial charge in [0.15, 0.2) is 5.96 Å². The van der Waals surface area contributed by atoms with Crippen molar-refractivity contribution in [3.63, 3.8) is 0 Å². The number of guanidine groups is 1. The standard InChI is InChI=1S/C18H25BrN6S/c1-20-18(24-14-8-9-17-22-13-23-25(17)12-14)21-10-4-5-11-26-16-7-3-2-6-15(16)19/h2-3,6-7,13-14H,4-5,8-12H2,1H3,(H2,20,21,24). The largest absolute Gasteiger partial charge is 0.356 e. The van der Waals surface area contributed by atoms with Gasteiger partial charge in [-0.05, 0) is 53.1 Å². The first-order valence-corrected chi connectivity index (χ1v) is 10.8. The van der Waals surface area contributed by atoms with E-state index < -0.39 is 0 Å². The zero-order valence-corrected chi connectivity index (χ0v) is 17.4. The second-order valence-corrected chi connectivity index (χ2v) is 8.21. The van der Waals surface area contributed by atoms with E-state index in [0.717, 1.165) is 49.9 Å². The molecule has 0 fully saturated rings. The zero-order valence-electron chi connectivity index (χ0n) is 15.0. The van der Waals surface area contributed by atoms with Gasteiger partial charge in [0.2, 0.25) is 0 Å². The highest BCUT2D eigenvalue weighted by Crippen LogP contribution is 2.27. The van der Waals surface area contributed by atoms with E-state index in [-0.39, 0.29) is 0 Å². The van der Waals surface area contributed by atoms with Gasteiger partial charge in [0.1, 0.15) is 12.2 Å². The summed E-state index contributed by atoms with van der Waals surface area (Å²) in [6.07, 6.45) is 5.94. The number of unbranched alkanes of at least 4 members (excludes halogenated alkanes) is 1. The van der Waals surface area contributed by atoms with Crippen LogP contribution < -0.4 is 10.6 Å². The van der Waals surface area contributed by atoms with Gasteiger partial charge in [-0.1, -0.05) is 12.1 Å². The number of nitrogens with zero attached hydrogens (tertiary/aromatic N) is 4. The second-order valence-electron chi connectivity index (χ2n) is 6.22. The Morgan fingerprint density at radius 3 is 3.12 bits per heavy atom. The van der Waals surface area contributed by atoms with E-state index in [4.69, 9.17) is 0 Å². The molecular weight excluding hydrogens is 412 g/mol. The number of nitrogens with one attached hydrogen (secondary N) is 2. The number of rotatable bonds is 7. The topological polar surface area (TPSA) is 67.1 Å². The van der Waals surface area contributed by atoms with Crippen molar-refractivity contribution >= 4 is 33.7 Å². The summed E-state index contributed by atoms with van der Waals surface area (Å²) in [5.74, 6) is 3.07. The molecule has 140 valence electrons. The third-order valence-electron chi connectivity index (χ3n) is 4.33. The molecule has 0 saturated heterocycles. The number of aliphatic imine (C=N–C) groups is 1. The van der Waals surface area contributed by atoms with E-state index in [1.54, 1.807) is 6.33 Å². The second kappa shape index (κ2) is 9.97. The third-order valence-corrected chi connectivity index (χ3v) is 6.44. The van der Waals surface area contributed by atoms with Crippen molar-refractivity contribution in [2.24, 2.45) is 4.99 Å². The SMILES string of the molecule is CN=C(NCCCCSc1ccccc1Br)NC1CCc2ncnn2C1. The number of benzene rings is 1. The smallest absolute Gasteiger partial charge is 0.191 e. The van der Waals surface area contributed by atoms with Crippen LogP contribution in [0.1, 0.15) is 25.1 Å². The average molecular weight is 437 g/mol. The van der Waals surface area contributed by atoms with Crippen LogP contribution in [-0.4, -0.2) is 46.1 Å². The minimum atomic E-state index is 0.349. The van der Waals surface area contributed by atoms with Gasteiger partial charge in [-0.25, -0.2) is 9.67 Å². The summed E-state index contributed by atoms with van der Waals surface area (Å²) < 4.78 is 3.16. The number of halogens is 1. The molecule has 3 rings (SSSR count). The maximum absolute atomic E-state index is 4.34. The summed E-state index contributed by atoms with van der Waals surface area (Å²) >= 11 is 5.49. The fourth-order valence-corrected chi connectivity index (χ4v) is 4.50. The summed E-state index contributed by atoms with van der Waals surface area (Å²) in [6.45, 7) is 1.77. The van der Waals surface area contributed by atoms with E-state index in [1.807, 2.05) is 29.6 Å². The van der Waals surface area contributed by atoms with Gasteiger partial charge >= 0.3 is 0 Å². The van der Waals surface area contributed by atoms with E-state index in [0.29, 0.717) is 6.04 Å². The molecule has 2 heterocycles. The molecule has 2 aromatic rings. The molecule has 1 aliphatic heterocycles. The lowest BCUT2D eigenvalue weighted by Gasteiger charge is -2.25. The average Bonchev–Trinajstić information content (AvgIpc) is 3.12. The van der Waals surface area contributed by atoms with Crippen LogP contribution in [0.3, 0.4) is 0 Å². The maximum atomic E-state index is 4.34. The minimum absolute atomic E-state index is 0.349. The molecule has 1 aromatic heterocycles. The van der Waals surface area contributed by atoms with Crippen LogP contribution in [0.2, 0.25) is 0 Å². The number of fused-ring (bicyclic) bond motifs is 1. The van der Waals surface area contributed by atoms with Crippen molar-refractivity contribution in [3.8, 4) is 0 Å². The van der Waals surface area contributed by atoms with Crippen molar-refractivity contribution in [2.75, 3.05) is 19.3 Å². The normalized spacial score (nSPS) is 17.0. The highest BCUT2D eigenvalue weighted by Gasteiger charge is 2.20. The molecule has 2 N–H and O–H groups in total. The number of aromatic nitrogens is 3. The summed E-state index contributed by atoms with van der Waals surface area (Å²) in [5, 5.41) is 11.2. The van der Waals surface area contributed by atoms with Crippen LogP contribution in [0.4, 0.5) is 0 Å². The van der Waals surface area contributed by atoms with E-state index in [2.05, 4.69) is 59.8 Å². The van der Waals surface area contributed by atoms with Crippen LogP contribution in [-0.2, 0) is 13.0 Å². The molecule has 0 amide bonds. The monoisotopic (exact) mass is 436 g/mol. The van der Waals surface area contributed by atoms with Gasteiger partial charge in [0, 0.05) is 35.4 Å². The van der Waals surface area contributed by atoms with Crippen LogP contribution in [0.5, 0.6) is 0 Å². The first kappa shape index (κ1) is 19.2. The Labute approximate surface area is 167 Å². The summed E-state index contributed by atoms with van der Waals surface area (Å²) in [7, 11) is 1.82. The molecule has 1 atom stereocenters. The Morgan fingerprint density at radius 1 is 1.38 bits per heavy atom. The quantitative estimate of drug-likeness (QED) is 0.302. The first-order valence-electron chi connectivity index (χ1n) is 8.97. The van der Waals surface area contributed by atoms with E-state index in [9.17, 15) is 0 Å². The molecule has 1 aromatic carbocycles. The predicted molar refractivity (Wildman–Crippen MR) is 111 cm³/mol. The van der Waals surface area contributed by atoms with Crippen molar-refractivity contribution in [1.29, 1.82) is 0 Å². The summed E-state index contributed by atoms with van der Waals surface area (Å²) in [6, 6.07) is 8.72. The fraction of sp³-hybridized carbons (Fsp3) is 0.500. The van der Waals surface area contributed by atoms with Crippen molar-refractivity contribution in [2.45, 2.75) is 43.2 Å². The molecule has 8 heteroatoms. The molecule has 6 nitrogen and oxygen atoms in total. The van der Waals surface area contributed by atoms with Crippen molar-refractivity contribution in [1.82, 2.24) is 25.4 Å². The molecule has 0 spiro atoms. The lowest BCUT2D eigenvalue weighted by molar-refractivity contribution is 0.392. The number of thioether (sulfide) groups is 1. The summed E-state index contributed by atoms with van der Waals surface area (Å²) in [4.78, 5) is 9.92. The van der Waals surface area contributed by atoms with Gasteiger partial charge in [-0.15, -0.1) is 11.8 Å². The van der Waals surface area contributed by atoms with Crippen LogP contribution in [0, 0.1) is 0 Å². The van der Waals surface area contributed by atoms with Crippen LogP contribution in [0.15, 0.2) is 45.0 Å². The molecule has 0 bridgehead atoms. The van der Waals surface area contributed by atoms with Crippen LogP contribution >= 0.6 is 27.7 Å². The Hall–Kier alpha value is -1.54. The van der Waals surface area contributed by atoms with Crippen molar-refractivity contribution < 1.29 is 0 Å². The molecule has 1 aliphatic rings. The highest BCUT2D eigenvalue weighted by atomic mass is 79.9. The Bertz CT molecular complexity index is 732. The number of hydrogen-bond donors (Lipinski definition) is 2. The maximum Gasteiger partial charge on any atom is 0.191 e. The molecule has 0 radical (unpaired) electrons. The lowest BCUT2D eigenvalue weighted by Crippen LogP contribution is -2.47. The van der Waals surface area contributed by atoms with Gasteiger partial charge in [-0.2, -0.15) is 5.10 Å². The Morgan fingerprint density at radius 2 is 2.27 bits per heavy atom. The highest BCUT2D eigenvalue weighted by molar-refractivity contribution is 9.10. The number of hydrogen-bond acceptors (Lipinski definition) is 4. The first-order chi connectivity index (χ1) is 12.8. The van der Waals surface area contributed by atoms with Gasteiger partial charge in [-0.3, -0.25) is 4.99 Å². The van der Waals surface area contributed by atoms with Gasteiger partial charge in [0.25, 0.3) is 0 Å². The zero-order chi connectivity index (χ0) is 18.2. The van der Waals surface area contributed by atoms with Gasteiger partial charge < -0.3 is 10.6 Å². The number of aryl methyl sites for hydroxylation is 1. The third kappa shape index (κ3) is 5.48. The van der Waals surface area contributed by atoms with Gasteiger partial charge in [0.05, 0.1) is 6.54 Å². The molecule has 0 aliphatic carbocycles. The molecule has 26 heavy (non-hydrogen) atoms. The van der Waals surface area contributed by atoms with E-state index in [1.165, 1.54) is 15.8 Å². The molecular formula is C18H25BrN6S. The molecule has 0 saturated carbocycles. The predicted octanol–water partition coefficient (Wildman–Crippen LogP) is 3.09. The lowest BCUT2D eigenvalue weighted by atomic mass is 10.1. The Kier molecular flexibility index (Phi) is 7.37. The van der Waals surface area contributed by atoms with E-state index >= 15 is 0 Å². The summed E-state index contributed by atoms with van der Waals surface area (Å²) in [5.41, 5.74) is 0. The van der Waals surface area contributed by atoms with Crippen molar-refractivity contribution in [3.05, 3.63) is 40.9 Å². The molecule has 1 unspecified atom stereocenters. The Balaban J connectivity index is 1.32. The van der Waals surface area contributed by atoms with Crippen LogP contribution in [0.25, 0.3) is 0 Å². The minimum Gasteiger partial charge on any atom is -0.356 e. The fourth-order valence-electron chi connectivity index (χ4n) is 2.92.